The molecule has 6 nitrogen and oxygen atoms in total. The number of carboxylic acids is 1. The fraction of sp³-hybridized carbons (Fsp3) is 0.800. The second-order valence-corrected chi connectivity index (χ2v) is 3.90. The van der Waals surface area contributed by atoms with Crippen molar-refractivity contribution in [3.05, 3.63) is 0 Å². The molecule has 0 aromatic carbocycles. The minimum Gasteiger partial charge on any atom is -0.481 e. The van der Waals surface area contributed by atoms with Crippen LogP contribution in [0, 0.1) is 5.92 Å². The van der Waals surface area contributed by atoms with Gasteiger partial charge in [-0.1, -0.05) is 0 Å². The maximum atomic E-state index is 11.4. The Hall–Kier alpha value is -1.14. The SMILES string of the molecule is COCCNC(=O)CN1CCC(C(=O)O)C1. The van der Waals surface area contributed by atoms with Gasteiger partial charge >= 0.3 is 5.97 Å². The molecule has 16 heavy (non-hydrogen) atoms. The van der Waals surface area contributed by atoms with Crippen molar-refractivity contribution in [2.45, 2.75) is 6.42 Å². The van der Waals surface area contributed by atoms with E-state index in [2.05, 4.69) is 5.32 Å². The van der Waals surface area contributed by atoms with Gasteiger partial charge in [-0.15, -0.1) is 0 Å². The molecule has 1 aliphatic rings. The Labute approximate surface area is 94.6 Å². The van der Waals surface area contributed by atoms with Crippen LogP contribution in [0.25, 0.3) is 0 Å². The molecule has 2 N–H and O–H groups in total. The number of aliphatic carboxylic acids is 1. The number of carbonyl (C=O) groups is 2. The predicted molar refractivity (Wildman–Crippen MR) is 57.1 cm³/mol. The van der Waals surface area contributed by atoms with E-state index in [0.717, 1.165) is 0 Å². The van der Waals surface area contributed by atoms with Crippen molar-refractivity contribution in [3.63, 3.8) is 0 Å². The summed E-state index contributed by atoms with van der Waals surface area (Å²) in [5.41, 5.74) is 0. The Kier molecular flexibility index (Phi) is 5.21. The number of rotatable bonds is 6. The van der Waals surface area contributed by atoms with Crippen molar-refractivity contribution in [1.82, 2.24) is 10.2 Å². The molecule has 0 aromatic rings. The normalized spacial score (nSPS) is 20.9. The molecule has 92 valence electrons. The zero-order valence-electron chi connectivity index (χ0n) is 9.44. The first kappa shape index (κ1) is 12.9. The van der Waals surface area contributed by atoms with Crippen LogP contribution in [0.15, 0.2) is 0 Å². The summed E-state index contributed by atoms with van der Waals surface area (Å²) >= 11 is 0. The number of amides is 1. The number of hydrogen-bond acceptors (Lipinski definition) is 4. The van der Waals surface area contributed by atoms with E-state index in [0.29, 0.717) is 32.7 Å². The Morgan fingerprint density at radius 1 is 1.56 bits per heavy atom. The standard InChI is InChI=1S/C10H18N2O4/c1-16-5-3-11-9(13)7-12-4-2-8(6-12)10(14)15/h8H,2-7H2,1H3,(H,11,13)(H,14,15). The van der Waals surface area contributed by atoms with Crippen LogP contribution in [0.2, 0.25) is 0 Å². The lowest BCUT2D eigenvalue weighted by Crippen LogP contribution is -2.37. The second-order valence-electron chi connectivity index (χ2n) is 3.90. The summed E-state index contributed by atoms with van der Waals surface area (Å²) in [5, 5.41) is 11.5. The van der Waals surface area contributed by atoms with Crippen LogP contribution >= 0.6 is 0 Å². The average molecular weight is 230 g/mol. The van der Waals surface area contributed by atoms with Gasteiger partial charge < -0.3 is 15.2 Å². The molecular formula is C10H18N2O4. The zero-order valence-corrected chi connectivity index (χ0v) is 9.44. The lowest BCUT2D eigenvalue weighted by Gasteiger charge is -2.14. The Bertz CT molecular complexity index is 257. The summed E-state index contributed by atoms with van der Waals surface area (Å²) < 4.78 is 4.80. The molecule has 0 aromatic heterocycles. The first-order valence-corrected chi connectivity index (χ1v) is 5.34. The maximum absolute atomic E-state index is 11.4. The van der Waals surface area contributed by atoms with Crippen LogP contribution in [-0.2, 0) is 14.3 Å². The second kappa shape index (κ2) is 6.44. The zero-order chi connectivity index (χ0) is 12.0. The minimum atomic E-state index is -0.776. The van der Waals surface area contributed by atoms with Crippen LogP contribution < -0.4 is 5.32 Å². The van der Waals surface area contributed by atoms with Crippen molar-refractivity contribution < 1.29 is 19.4 Å². The number of nitrogens with one attached hydrogen (secondary N) is 1. The third-order valence-corrected chi connectivity index (χ3v) is 2.62. The van der Waals surface area contributed by atoms with Gasteiger partial charge in [0.1, 0.15) is 0 Å². The molecule has 1 saturated heterocycles. The summed E-state index contributed by atoms with van der Waals surface area (Å²) in [4.78, 5) is 24.0. The predicted octanol–water partition coefficient (Wildman–Crippen LogP) is -0.844. The highest BCUT2D eigenvalue weighted by Gasteiger charge is 2.28. The monoisotopic (exact) mass is 230 g/mol. The number of hydrogen-bond donors (Lipinski definition) is 2. The largest absolute Gasteiger partial charge is 0.481 e. The Balaban J connectivity index is 2.18. The molecule has 1 amide bonds. The van der Waals surface area contributed by atoms with E-state index >= 15 is 0 Å². The molecule has 0 saturated carbocycles. The third kappa shape index (κ3) is 4.16. The van der Waals surface area contributed by atoms with Gasteiger partial charge in [0.25, 0.3) is 0 Å². The van der Waals surface area contributed by atoms with Crippen LogP contribution in [0.1, 0.15) is 6.42 Å². The molecule has 1 heterocycles. The average Bonchev–Trinajstić information content (AvgIpc) is 2.66. The van der Waals surface area contributed by atoms with Crippen LogP contribution in [0.5, 0.6) is 0 Å². The van der Waals surface area contributed by atoms with Gasteiger partial charge in [0.2, 0.25) is 5.91 Å². The molecule has 6 heteroatoms. The fourth-order valence-electron chi connectivity index (χ4n) is 1.73. The highest BCUT2D eigenvalue weighted by molar-refractivity contribution is 5.78. The van der Waals surface area contributed by atoms with E-state index in [1.54, 1.807) is 7.11 Å². The molecule has 1 rings (SSSR count). The fourth-order valence-corrected chi connectivity index (χ4v) is 1.73. The lowest BCUT2D eigenvalue weighted by molar-refractivity contribution is -0.141. The van der Waals surface area contributed by atoms with Gasteiger partial charge in [-0.25, -0.2) is 0 Å². The van der Waals surface area contributed by atoms with Crippen LogP contribution in [0.3, 0.4) is 0 Å². The number of methoxy groups -OCH3 is 1. The first-order valence-electron chi connectivity index (χ1n) is 5.34. The minimum absolute atomic E-state index is 0.0805. The summed E-state index contributed by atoms with van der Waals surface area (Å²) in [6.07, 6.45) is 0.626. The smallest absolute Gasteiger partial charge is 0.307 e. The first-order chi connectivity index (χ1) is 7.63. The maximum Gasteiger partial charge on any atom is 0.307 e. The lowest BCUT2D eigenvalue weighted by atomic mass is 10.1. The van der Waals surface area contributed by atoms with E-state index in [1.165, 1.54) is 0 Å². The van der Waals surface area contributed by atoms with E-state index in [1.807, 2.05) is 4.90 Å². The van der Waals surface area contributed by atoms with Crippen molar-refractivity contribution in [1.29, 1.82) is 0 Å². The van der Waals surface area contributed by atoms with Gasteiger partial charge in [-0.3, -0.25) is 14.5 Å². The van der Waals surface area contributed by atoms with E-state index in [4.69, 9.17) is 9.84 Å². The topological polar surface area (TPSA) is 78.9 Å². The summed E-state index contributed by atoms with van der Waals surface area (Å²) in [6.45, 7) is 2.39. The molecule has 1 unspecified atom stereocenters. The highest BCUT2D eigenvalue weighted by atomic mass is 16.5. The Morgan fingerprint density at radius 2 is 2.31 bits per heavy atom. The molecule has 1 aliphatic heterocycles. The molecule has 1 fully saturated rings. The summed E-state index contributed by atoms with van der Waals surface area (Å²) in [7, 11) is 1.57. The summed E-state index contributed by atoms with van der Waals surface area (Å²) in [5.74, 6) is -1.18. The van der Waals surface area contributed by atoms with Gasteiger partial charge in [0.05, 0.1) is 19.1 Å². The van der Waals surface area contributed by atoms with Crippen molar-refractivity contribution in [2.24, 2.45) is 5.92 Å². The molecule has 0 aliphatic carbocycles. The number of carbonyl (C=O) groups excluding carboxylic acids is 1. The van der Waals surface area contributed by atoms with Crippen molar-refractivity contribution >= 4 is 11.9 Å². The summed E-state index contributed by atoms with van der Waals surface area (Å²) in [6, 6.07) is 0. The Morgan fingerprint density at radius 3 is 2.88 bits per heavy atom. The molecule has 0 radical (unpaired) electrons. The van der Waals surface area contributed by atoms with Gasteiger partial charge in [0, 0.05) is 20.2 Å². The van der Waals surface area contributed by atoms with Gasteiger partial charge in [0.15, 0.2) is 0 Å². The quantitative estimate of drug-likeness (QED) is 0.581. The van der Waals surface area contributed by atoms with Crippen LogP contribution in [0.4, 0.5) is 0 Å². The molecule has 0 spiro atoms. The molecule has 0 bridgehead atoms. The van der Waals surface area contributed by atoms with Crippen molar-refractivity contribution in [2.75, 3.05) is 39.9 Å². The van der Waals surface area contributed by atoms with E-state index in [-0.39, 0.29) is 18.4 Å². The van der Waals surface area contributed by atoms with Crippen molar-refractivity contribution in [3.8, 4) is 0 Å². The molecule has 1 atom stereocenters. The third-order valence-electron chi connectivity index (χ3n) is 2.62. The van der Waals surface area contributed by atoms with Gasteiger partial charge in [-0.2, -0.15) is 0 Å². The number of carboxylic acid groups (broad SMARTS) is 1. The highest BCUT2D eigenvalue weighted by Crippen LogP contribution is 2.15. The van der Waals surface area contributed by atoms with E-state index < -0.39 is 5.97 Å². The number of likely N-dealkylation sites (tertiary alicyclic amines) is 1. The molecular weight excluding hydrogens is 212 g/mol. The van der Waals surface area contributed by atoms with Gasteiger partial charge in [-0.05, 0) is 13.0 Å². The number of ether oxygens (including phenoxy) is 1. The van der Waals surface area contributed by atoms with Crippen LogP contribution in [-0.4, -0.2) is 61.8 Å². The van der Waals surface area contributed by atoms with E-state index in [9.17, 15) is 9.59 Å². The number of nitrogens with zero attached hydrogens (tertiary/aromatic N) is 1.